The Bertz CT molecular complexity index is 724. The van der Waals surface area contributed by atoms with Crippen LogP contribution in [0.5, 0.6) is 0 Å². The molecule has 3 heteroatoms. The minimum Gasteiger partial charge on any atom is -0.270 e. The molecule has 0 saturated carbocycles. The minimum absolute atomic E-state index is 0.343. The molecule has 22 heavy (non-hydrogen) atoms. The summed E-state index contributed by atoms with van der Waals surface area (Å²) in [5, 5.41) is 0. The van der Waals surface area contributed by atoms with Crippen LogP contribution in [0.2, 0.25) is 0 Å². The highest BCUT2D eigenvalue weighted by atomic mass is 19.1. The predicted molar refractivity (Wildman–Crippen MR) is 86.0 cm³/mol. The van der Waals surface area contributed by atoms with Gasteiger partial charge < -0.3 is 0 Å². The summed E-state index contributed by atoms with van der Waals surface area (Å²) in [6.45, 7) is 5.73. The fourth-order valence-corrected chi connectivity index (χ4v) is 1.84. The number of halogens is 2. The van der Waals surface area contributed by atoms with E-state index in [1.54, 1.807) is 0 Å². The summed E-state index contributed by atoms with van der Waals surface area (Å²) in [4.78, 5) is 4.49. The molecule has 0 atom stereocenters. The Morgan fingerprint density at radius 3 is 2.09 bits per heavy atom. The molecule has 2 aromatic rings. The maximum atomic E-state index is 13.4. The topological polar surface area (TPSA) is 12.4 Å². The van der Waals surface area contributed by atoms with Gasteiger partial charge in [0.25, 0.3) is 0 Å². The quantitative estimate of drug-likeness (QED) is 0.538. The summed E-state index contributed by atoms with van der Waals surface area (Å²) < 4.78 is 26.9. The van der Waals surface area contributed by atoms with Gasteiger partial charge in [-0.15, -0.1) is 0 Å². The average Bonchev–Trinajstić information content (AvgIpc) is 2.42. The molecule has 0 fully saturated rings. The van der Waals surface area contributed by atoms with Crippen molar-refractivity contribution in [3.8, 4) is 11.8 Å². The third-order valence-electron chi connectivity index (χ3n) is 2.68. The first-order valence-electron chi connectivity index (χ1n) is 6.97. The highest BCUT2D eigenvalue weighted by molar-refractivity contribution is 6.13. The number of hydrogen-bond donors (Lipinski definition) is 0. The van der Waals surface area contributed by atoms with E-state index in [0.29, 0.717) is 11.3 Å². The van der Waals surface area contributed by atoms with Crippen molar-refractivity contribution in [2.45, 2.75) is 26.3 Å². The molecule has 0 N–H and O–H groups in total. The second kappa shape index (κ2) is 6.53. The van der Waals surface area contributed by atoms with Gasteiger partial charge in [0.15, 0.2) is 0 Å². The van der Waals surface area contributed by atoms with Gasteiger partial charge in [0.05, 0.1) is 5.54 Å². The van der Waals surface area contributed by atoms with Gasteiger partial charge in [-0.1, -0.05) is 24.1 Å². The summed E-state index contributed by atoms with van der Waals surface area (Å²) in [6, 6.07) is 12.7. The van der Waals surface area contributed by atoms with E-state index in [-0.39, 0.29) is 0 Å². The van der Waals surface area contributed by atoms with Gasteiger partial charge in [-0.2, -0.15) is 0 Å². The monoisotopic (exact) mass is 297 g/mol. The van der Waals surface area contributed by atoms with Crippen LogP contribution in [0, 0.1) is 23.5 Å². The summed E-state index contributed by atoms with van der Waals surface area (Å²) >= 11 is 0. The first-order valence-corrected chi connectivity index (χ1v) is 6.97. The van der Waals surface area contributed by atoms with Crippen molar-refractivity contribution in [1.82, 2.24) is 0 Å². The Labute approximate surface area is 129 Å². The van der Waals surface area contributed by atoms with Gasteiger partial charge >= 0.3 is 0 Å². The first kappa shape index (κ1) is 15.9. The Kier molecular flexibility index (Phi) is 4.72. The van der Waals surface area contributed by atoms with Gasteiger partial charge in [0.2, 0.25) is 0 Å². The van der Waals surface area contributed by atoms with Crippen LogP contribution in [0.4, 0.5) is 8.78 Å². The molecule has 0 heterocycles. The highest BCUT2D eigenvalue weighted by Crippen LogP contribution is 2.14. The van der Waals surface area contributed by atoms with Gasteiger partial charge in [-0.25, -0.2) is 8.78 Å². The van der Waals surface area contributed by atoms with E-state index >= 15 is 0 Å². The molecule has 0 aliphatic carbocycles. The zero-order valence-corrected chi connectivity index (χ0v) is 12.8. The van der Waals surface area contributed by atoms with Crippen LogP contribution in [0.3, 0.4) is 0 Å². The standard InChI is InChI=1S/C19H17F2N/c1-19(2,3)22-18(10-9-14-7-5-4-6-8-14)15-11-16(20)13-17(21)12-15/h4-8,11-13H,1-3H3. The Balaban J connectivity index is 2.49. The first-order chi connectivity index (χ1) is 10.3. The zero-order chi connectivity index (χ0) is 16.2. The van der Waals surface area contributed by atoms with E-state index in [4.69, 9.17) is 0 Å². The van der Waals surface area contributed by atoms with Crippen LogP contribution in [-0.4, -0.2) is 11.3 Å². The fourth-order valence-electron chi connectivity index (χ4n) is 1.84. The average molecular weight is 297 g/mol. The van der Waals surface area contributed by atoms with E-state index in [2.05, 4.69) is 16.8 Å². The number of rotatable bonds is 1. The van der Waals surface area contributed by atoms with Crippen molar-refractivity contribution in [2.75, 3.05) is 0 Å². The van der Waals surface area contributed by atoms with Crippen LogP contribution in [0.15, 0.2) is 53.5 Å². The van der Waals surface area contributed by atoms with Crippen LogP contribution < -0.4 is 0 Å². The van der Waals surface area contributed by atoms with E-state index < -0.39 is 17.2 Å². The SMILES string of the molecule is CC(C)(C)N=C(C#Cc1ccccc1)c1cc(F)cc(F)c1. The molecule has 0 radical (unpaired) electrons. The number of aliphatic imine (C=N–C) groups is 1. The summed E-state index contributed by atoms with van der Waals surface area (Å²) in [6.07, 6.45) is 0. The van der Waals surface area contributed by atoms with Crippen LogP contribution >= 0.6 is 0 Å². The molecule has 2 aromatic carbocycles. The molecule has 0 saturated heterocycles. The molecule has 0 bridgehead atoms. The van der Waals surface area contributed by atoms with Crippen LogP contribution in [0.1, 0.15) is 31.9 Å². The van der Waals surface area contributed by atoms with Crippen molar-refractivity contribution in [2.24, 2.45) is 4.99 Å². The fraction of sp³-hybridized carbons (Fsp3) is 0.211. The minimum atomic E-state index is -0.641. The van der Waals surface area contributed by atoms with Crippen molar-refractivity contribution in [1.29, 1.82) is 0 Å². The van der Waals surface area contributed by atoms with Crippen molar-refractivity contribution < 1.29 is 8.78 Å². The van der Waals surface area contributed by atoms with Crippen molar-refractivity contribution in [3.05, 3.63) is 71.3 Å². The van der Waals surface area contributed by atoms with Crippen molar-refractivity contribution in [3.63, 3.8) is 0 Å². The lowest BCUT2D eigenvalue weighted by Crippen LogP contribution is -2.14. The molecule has 0 aliphatic rings. The molecule has 112 valence electrons. The van der Waals surface area contributed by atoms with Gasteiger partial charge in [-0.3, -0.25) is 4.99 Å². The van der Waals surface area contributed by atoms with Crippen molar-refractivity contribution >= 4 is 5.71 Å². The van der Waals surface area contributed by atoms with Gasteiger partial charge in [0, 0.05) is 17.2 Å². The number of nitrogens with zero attached hydrogens (tertiary/aromatic N) is 1. The number of hydrogen-bond acceptors (Lipinski definition) is 1. The zero-order valence-electron chi connectivity index (χ0n) is 12.8. The molecule has 0 spiro atoms. The second-order valence-corrected chi connectivity index (χ2v) is 5.91. The van der Waals surface area contributed by atoms with Crippen LogP contribution in [-0.2, 0) is 0 Å². The molecule has 0 aromatic heterocycles. The Morgan fingerprint density at radius 1 is 0.955 bits per heavy atom. The van der Waals surface area contributed by atoms with E-state index in [0.717, 1.165) is 11.6 Å². The van der Waals surface area contributed by atoms with E-state index in [1.807, 2.05) is 51.1 Å². The highest BCUT2D eigenvalue weighted by Gasteiger charge is 2.12. The smallest absolute Gasteiger partial charge is 0.126 e. The van der Waals surface area contributed by atoms with Crippen LogP contribution in [0.25, 0.3) is 0 Å². The molecular weight excluding hydrogens is 280 g/mol. The lowest BCUT2D eigenvalue weighted by Gasteiger charge is -2.13. The largest absolute Gasteiger partial charge is 0.270 e. The third-order valence-corrected chi connectivity index (χ3v) is 2.68. The molecule has 0 amide bonds. The lowest BCUT2D eigenvalue weighted by molar-refractivity contribution is 0.578. The maximum Gasteiger partial charge on any atom is 0.126 e. The molecule has 1 nitrogen and oxygen atoms in total. The molecule has 2 rings (SSSR count). The molecule has 0 aliphatic heterocycles. The molecule has 0 unspecified atom stereocenters. The summed E-state index contributed by atoms with van der Waals surface area (Å²) in [5.74, 6) is 4.63. The van der Waals surface area contributed by atoms with E-state index in [9.17, 15) is 8.78 Å². The Morgan fingerprint density at radius 2 is 1.55 bits per heavy atom. The van der Waals surface area contributed by atoms with Gasteiger partial charge in [0.1, 0.15) is 17.3 Å². The molecular formula is C19H17F2N. The van der Waals surface area contributed by atoms with Gasteiger partial charge in [-0.05, 0) is 51.0 Å². The normalized spacial score (nSPS) is 11.8. The maximum absolute atomic E-state index is 13.4. The lowest BCUT2D eigenvalue weighted by atomic mass is 10.1. The number of benzene rings is 2. The van der Waals surface area contributed by atoms with E-state index in [1.165, 1.54) is 12.1 Å². The predicted octanol–water partition coefficient (Wildman–Crippen LogP) is 4.60. The summed E-state index contributed by atoms with van der Waals surface area (Å²) in [7, 11) is 0. The third kappa shape index (κ3) is 4.82. The summed E-state index contributed by atoms with van der Waals surface area (Å²) in [5.41, 5.74) is 1.13. The Hall–Kier alpha value is -2.47. The second-order valence-electron chi connectivity index (χ2n) is 5.91.